The van der Waals surface area contributed by atoms with Crippen molar-refractivity contribution in [2.75, 3.05) is 6.61 Å². The number of hydrogen-bond acceptors (Lipinski definition) is 5. The van der Waals surface area contributed by atoms with Crippen LogP contribution in [0.25, 0.3) is 16.9 Å². The van der Waals surface area contributed by atoms with Crippen LogP contribution in [0.1, 0.15) is 5.82 Å². The predicted octanol–water partition coefficient (Wildman–Crippen LogP) is 3.40. The minimum Gasteiger partial charge on any atom is -0.361 e. The Morgan fingerprint density at radius 3 is 2.71 bits per heavy atom. The summed E-state index contributed by atoms with van der Waals surface area (Å²) in [4.78, 5) is 4.71. The Balaban J connectivity index is 1.84. The van der Waals surface area contributed by atoms with E-state index in [0.717, 1.165) is 28.2 Å². The molecule has 0 saturated carbocycles. The van der Waals surface area contributed by atoms with Crippen molar-refractivity contribution in [3.05, 3.63) is 28.6 Å². The molecule has 0 aromatic carbocycles. The van der Waals surface area contributed by atoms with Crippen molar-refractivity contribution in [2.24, 2.45) is 0 Å². The van der Waals surface area contributed by atoms with E-state index in [1.54, 1.807) is 4.68 Å². The fourth-order valence-electron chi connectivity index (χ4n) is 2.31. The lowest BCUT2D eigenvalue weighted by molar-refractivity contribution is 0.0898. The molecule has 0 amide bonds. The van der Waals surface area contributed by atoms with E-state index in [2.05, 4.69) is 51.1 Å². The number of aryl methyl sites for hydroxylation is 1. The average Bonchev–Trinajstić information content (AvgIpc) is 3.07. The molecule has 3 heterocycles. The molecule has 128 valence electrons. The van der Waals surface area contributed by atoms with E-state index in [1.807, 2.05) is 29.8 Å². The zero-order valence-electron chi connectivity index (χ0n) is 14.3. The largest absolute Gasteiger partial charge is 0.361 e. The van der Waals surface area contributed by atoms with E-state index in [4.69, 9.17) is 9.72 Å². The van der Waals surface area contributed by atoms with Gasteiger partial charge >= 0.3 is 0 Å². The molecule has 0 N–H and O–H groups in total. The summed E-state index contributed by atoms with van der Waals surface area (Å²) in [5.41, 5.74) is 0.849. The normalized spacial score (nSPS) is 12.2. The summed E-state index contributed by atoms with van der Waals surface area (Å²) in [7, 11) is -1.08. The smallest absolute Gasteiger partial charge is 0.159 e. The van der Waals surface area contributed by atoms with Gasteiger partial charge in [0.05, 0.1) is 0 Å². The maximum Gasteiger partial charge on any atom is 0.159 e. The molecule has 7 nitrogen and oxygen atoms in total. The van der Waals surface area contributed by atoms with Gasteiger partial charge in [-0.15, -0.1) is 5.10 Å². The summed E-state index contributed by atoms with van der Waals surface area (Å²) < 4.78 is 10.5. The maximum atomic E-state index is 5.86. The van der Waals surface area contributed by atoms with Gasteiger partial charge in [0, 0.05) is 30.7 Å². The van der Waals surface area contributed by atoms with Crippen molar-refractivity contribution >= 4 is 35.0 Å². The number of hydrogen-bond donors (Lipinski definition) is 0. The number of fused-ring (bicyclic) bond motifs is 1. The van der Waals surface area contributed by atoms with Crippen LogP contribution in [0.2, 0.25) is 25.7 Å². The first-order valence-corrected chi connectivity index (χ1v) is 12.3. The average molecular weight is 409 g/mol. The second kappa shape index (κ2) is 6.73. The molecule has 0 aliphatic heterocycles. The molecule has 24 heavy (non-hydrogen) atoms. The van der Waals surface area contributed by atoms with Gasteiger partial charge < -0.3 is 9.30 Å². The third-order valence-electron chi connectivity index (χ3n) is 3.73. The van der Waals surface area contributed by atoms with Crippen molar-refractivity contribution in [3.63, 3.8) is 0 Å². The number of ether oxygens (including phenoxy) is 1. The van der Waals surface area contributed by atoms with E-state index in [1.165, 1.54) is 0 Å². The maximum absolute atomic E-state index is 5.86. The Bertz CT molecular complexity index is 853. The molecular formula is C15H21BrN6OSi. The molecule has 0 spiro atoms. The van der Waals surface area contributed by atoms with Crippen LogP contribution in [0.15, 0.2) is 22.8 Å². The second-order valence-corrected chi connectivity index (χ2v) is 13.4. The molecule has 0 aliphatic rings. The minimum atomic E-state index is -1.08. The molecule has 0 bridgehead atoms. The summed E-state index contributed by atoms with van der Waals surface area (Å²) in [6.45, 7) is 10.2. The van der Waals surface area contributed by atoms with Gasteiger partial charge in [0.1, 0.15) is 12.4 Å². The summed E-state index contributed by atoms with van der Waals surface area (Å²) in [5.74, 6) is 1.39. The number of tetrazole rings is 1. The summed E-state index contributed by atoms with van der Waals surface area (Å²) >= 11 is 3.59. The summed E-state index contributed by atoms with van der Waals surface area (Å²) in [5, 5.41) is 12.6. The van der Waals surface area contributed by atoms with Crippen LogP contribution in [-0.2, 0) is 11.5 Å². The topological polar surface area (TPSA) is 70.7 Å². The highest BCUT2D eigenvalue weighted by Crippen LogP contribution is 2.26. The lowest BCUT2D eigenvalue weighted by Gasteiger charge is -2.15. The number of nitrogens with zero attached hydrogens (tertiary/aromatic N) is 6. The van der Waals surface area contributed by atoms with Crippen molar-refractivity contribution in [3.8, 4) is 5.82 Å². The zero-order valence-corrected chi connectivity index (χ0v) is 16.9. The van der Waals surface area contributed by atoms with E-state index >= 15 is 0 Å². The molecule has 0 aliphatic carbocycles. The molecule has 0 atom stereocenters. The number of halogens is 1. The Kier molecular flexibility index (Phi) is 4.84. The molecule has 3 aromatic rings. The van der Waals surface area contributed by atoms with E-state index in [9.17, 15) is 0 Å². The van der Waals surface area contributed by atoms with Crippen molar-refractivity contribution in [2.45, 2.75) is 39.3 Å². The van der Waals surface area contributed by atoms with Crippen LogP contribution in [0.5, 0.6) is 0 Å². The van der Waals surface area contributed by atoms with Crippen molar-refractivity contribution in [1.29, 1.82) is 0 Å². The van der Waals surface area contributed by atoms with Gasteiger partial charge in [0.2, 0.25) is 0 Å². The van der Waals surface area contributed by atoms with Crippen molar-refractivity contribution in [1.82, 2.24) is 29.8 Å². The zero-order chi connectivity index (χ0) is 17.3. The Morgan fingerprint density at radius 2 is 2.04 bits per heavy atom. The lowest BCUT2D eigenvalue weighted by atomic mass is 10.3. The van der Waals surface area contributed by atoms with Crippen LogP contribution in [0, 0.1) is 6.92 Å². The van der Waals surface area contributed by atoms with Gasteiger partial charge in [0.25, 0.3) is 0 Å². The molecular weight excluding hydrogens is 388 g/mol. The molecule has 0 radical (unpaired) electrons. The standard InChI is InChI=1S/C15H21BrN6OSi/c1-11-18-19-20-22(11)14-6-5-12-13(16)9-21(15(12)17-14)10-23-7-8-24(2,3)4/h5-6,9H,7-8,10H2,1-4H3. The van der Waals surface area contributed by atoms with Crippen LogP contribution < -0.4 is 0 Å². The molecule has 9 heteroatoms. The van der Waals surface area contributed by atoms with Crippen LogP contribution in [-0.4, -0.2) is 44.4 Å². The van der Waals surface area contributed by atoms with Crippen molar-refractivity contribution < 1.29 is 4.74 Å². The second-order valence-electron chi connectivity index (χ2n) is 6.97. The Labute approximate surface area is 150 Å². The summed E-state index contributed by atoms with van der Waals surface area (Å²) in [6, 6.07) is 5.07. The van der Waals surface area contributed by atoms with Crippen LogP contribution >= 0.6 is 15.9 Å². The van der Waals surface area contributed by atoms with Crippen LogP contribution in [0.4, 0.5) is 0 Å². The Morgan fingerprint density at radius 1 is 1.25 bits per heavy atom. The molecule has 0 saturated heterocycles. The number of aromatic nitrogens is 6. The Hall–Kier alpha value is -1.58. The van der Waals surface area contributed by atoms with Gasteiger partial charge in [0.15, 0.2) is 11.6 Å². The monoisotopic (exact) mass is 408 g/mol. The van der Waals surface area contributed by atoms with E-state index in [0.29, 0.717) is 18.4 Å². The van der Waals surface area contributed by atoms with Crippen LogP contribution in [0.3, 0.4) is 0 Å². The fourth-order valence-corrected chi connectivity index (χ4v) is 3.63. The highest BCUT2D eigenvalue weighted by atomic mass is 79.9. The SMILES string of the molecule is Cc1nnnn1-c1ccc2c(Br)cn(COCC[Si](C)(C)C)c2n1. The molecule has 0 fully saturated rings. The lowest BCUT2D eigenvalue weighted by Crippen LogP contribution is -2.22. The van der Waals surface area contributed by atoms with Gasteiger partial charge in [-0.3, -0.25) is 0 Å². The molecule has 3 aromatic heterocycles. The third kappa shape index (κ3) is 3.73. The fraction of sp³-hybridized carbons (Fsp3) is 0.467. The molecule has 0 unspecified atom stereocenters. The number of pyridine rings is 1. The van der Waals surface area contributed by atoms with Gasteiger partial charge in [-0.1, -0.05) is 19.6 Å². The predicted molar refractivity (Wildman–Crippen MR) is 99.0 cm³/mol. The summed E-state index contributed by atoms with van der Waals surface area (Å²) in [6.07, 6.45) is 2.00. The highest BCUT2D eigenvalue weighted by molar-refractivity contribution is 9.10. The van der Waals surface area contributed by atoms with Gasteiger partial charge in [-0.2, -0.15) is 4.68 Å². The van der Waals surface area contributed by atoms with Gasteiger partial charge in [-0.05, 0) is 51.5 Å². The first-order valence-electron chi connectivity index (χ1n) is 7.84. The van der Waals surface area contributed by atoms with E-state index < -0.39 is 8.07 Å². The van der Waals surface area contributed by atoms with Gasteiger partial charge in [-0.25, -0.2) is 4.98 Å². The first-order chi connectivity index (χ1) is 11.3. The third-order valence-corrected chi connectivity index (χ3v) is 6.06. The van der Waals surface area contributed by atoms with E-state index in [-0.39, 0.29) is 0 Å². The quantitative estimate of drug-likeness (QED) is 0.461. The highest BCUT2D eigenvalue weighted by Gasteiger charge is 2.14. The molecule has 3 rings (SSSR count). The minimum absolute atomic E-state index is 0.484. The number of rotatable bonds is 6. The first kappa shape index (κ1) is 17.2.